The van der Waals surface area contributed by atoms with Gasteiger partial charge in [-0.1, -0.05) is 6.07 Å². The van der Waals surface area contributed by atoms with Crippen molar-refractivity contribution in [3.8, 4) is 11.3 Å². The van der Waals surface area contributed by atoms with Crippen LogP contribution in [0.15, 0.2) is 79.8 Å². The van der Waals surface area contributed by atoms with Crippen molar-refractivity contribution in [2.45, 2.75) is 6.54 Å². The predicted molar refractivity (Wildman–Crippen MR) is 109 cm³/mol. The van der Waals surface area contributed by atoms with Crippen LogP contribution in [-0.2, 0) is 6.54 Å². The summed E-state index contributed by atoms with van der Waals surface area (Å²) in [5, 5.41) is 3.74. The summed E-state index contributed by atoms with van der Waals surface area (Å²) < 4.78 is 1.92. The van der Waals surface area contributed by atoms with E-state index in [-0.39, 0.29) is 5.91 Å². The molecule has 0 aromatic carbocycles. The molecule has 29 heavy (non-hydrogen) atoms. The summed E-state index contributed by atoms with van der Waals surface area (Å²) in [6, 6.07) is 13.3. The molecule has 0 spiro atoms. The lowest BCUT2D eigenvalue weighted by Crippen LogP contribution is -2.23. The molecular formula is C22H16N6O. The lowest BCUT2D eigenvalue weighted by molar-refractivity contribution is 0.0954. The minimum Gasteiger partial charge on any atom is -0.348 e. The number of fused-ring (bicyclic) bond motifs is 3. The molecule has 0 saturated carbocycles. The molecule has 0 aliphatic heterocycles. The first kappa shape index (κ1) is 17.0. The second-order valence-electron chi connectivity index (χ2n) is 6.53. The van der Waals surface area contributed by atoms with Gasteiger partial charge in [-0.15, -0.1) is 0 Å². The van der Waals surface area contributed by atoms with Crippen molar-refractivity contribution in [2.24, 2.45) is 0 Å². The number of rotatable bonds is 4. The molecule has 0 bridgehead atoms. The zero-order valence-electron chi connectivity index (χ0n) is 15.4. The van der Waals surface area contributed by atoms with Crippen LogP contribution >= 0.6 is 0 Å². The number of aromatic nitrogens is 5. The smallest absolute Gasteiger partial charge is 0.254 e. The van der Waals surface area contributed by atoms with Gasteiger partial charge >= 0.3 is 0 Å². The SMILES string of the molecule is O=C(NCc1ccncc1)c1c2c(-c3ccncc3)ncnc2n2ccccc12. The van der Waals surface area contributed by atoms with Gasteiger partial charge in [0.25, 0.3) is 5.91 Å². The van der Waals surface area contributed by atoms with Crippen molar-refractivity contribution in [1.29, 1.82) is 0 Å². The van der Waals surface area contributed by atoms with E-state index in [9.17, 15) is 4.79 Å². The van der Waals surface area contributed by atoms with Gasteiger partial charge in [-0.25, -0.2) is 9.97 Å². The molecule has 1 amide bonds. The van der Waals surface area contributed by atoms with Crippen LogP contribution in [0.3, 0.4) is 0 Å². The maximum atomic E-state index is 13.3. The summed E-state index contributed by atoms with van der Waals surface area (Å²) in [5.74, 6) is -0.175. The summed E-state index contributed by atoms with van der Waals surface area (Å²) in [5.41, 5.74) is 4.59. The minimum atomic E-state index is -0.175. The van der Waals surface area contributed by atoms with Gasteiger partial charge in [-0.3, -0.25) is 14.8 Å². The van der Waals surface area contributed by atoms with Crippen molar-refractivity contribution in [2.75, 3.05) is 0 Å². The molecule has 0 aliphatic rings. The molecule has 5 aromatic heterocycles. The number of nitrogens with one attached hydrogen (secondary N) is 1. The highest BCUT2D eigenvalue weighted by molar-refractivity contribution is 6.16. The molecule has 5 heterocycles. The number of pyridine rings is 3. The molecule has 7 heteroatoms. The zero-order chi connectivity index (χ0) is 19.6. The first-order valence-corrected chi connectivity index (χ1v) is 9.14. The number of amides is 1. The van der Waals surface area contributed by atoms with Crippen LogP contribution < -0.4 is 5.32 Å². The number of carbonyl (C=O) groups is 1. The van der Waals surface area contributed by atoms with E-state index in [1.54, 1.807) is 24.8 Å². The Morgan fingerprint density at radius 2 is 1.69 bits per heavy atom. The fourth-order valence-corrected chi connectivity index (χ4v) is 3.48. The van der Waals surface area contributed by atoms with E-state index in [0.717, 1.165) is 22.0 Å². The maximum absolute atomic E-state index is 13.3. The van der Waals surface area contributed by atoms with Crippen LogP contribution in [0.5, 0.6) is 0 Å². The van der Waals surface area contributed by atoms with Crippen LogP contribution in [0.2, 0.25) is 0 Å². The summed E-state index contributed by atoms with van der Waals surface area (Å²) in [7, 11) is 0. The highest BCUT2D eigenvalue weighted by Gasteiger charge is 2.22. The largest absolute Gasteiger partial charge is 0.348 e. The molecule has 0 unspecified atom stereocenters. The summed E-state index contributed by atoms with van der Waals surface area (Å²) in [6.07, 6.45) is 10.3. The van der Waals surface area contributed by atoms with E-state index in [0.29, 0.717) is 23.4 Å². The fourth-order valence-electron chi connectivity index (χ4n) is 3.48. The second kappa shape index (κ2) is 7.12. The van der Waals surface area contributed by atoms with Crippen molar-refractivity contribution in [3.05, 3.63) is 90.9 Å². The maximum Gasteiger partial charge on any atom is 0.254 e. The Morgan fingerprint density at radius 3 is 2.48 bits per heavy atom. The first-order chi connectivity index (χ1) is 14.3. The number of hydrogen-bond acceptors (Lipinski definition) is 5. The average Bonchev–Trinajstić information content (AvgIpc) is 3.13. The molecule has 140 valence electrons. The van der Waals surface area contributed by atoms with Gasteiger partial charge < -0.3 is 9.72 Å². The van der Waals surface area contributed by atoms with Crippen LogP contribution in [0.1, 0.15) is 15.9 Å². The van der Waals surface area contributed by atoms with Gasteiger partial charge in [0.1, 0.15) is 12.0 Å². The summed E-state index contributed by atoms with van der Waals surface area (Å²) in [4.78, 5) is 30.3. The van der Waals surface area contributed by atoms with Crippen molar-refractivity contribution < 1.29 is 4.79 Å². The fraction of sp³-hybridized carbons (Fsp3) is 0.0455. The third-order valence-corrected chi connectivity index (χ3v) is 4.80. The van der Waals surface area contributed by atoms with Gasteiger partial charge in [-0.2, -0.15) is 0 Å². The Morgan fingerprint density at radius 1 is 0.931 bits per heavy atom. The predicted octanol–water partition coefficient (Wildman–Crippen LogP) is 3.27. The van der Waals surface area contributed by atoms with Crippen LogP contribution in [0, 0.1) is 0 Å². The van der Waals surface area contributed by atoms with E-state index in [2.05, 4.69) is 25.3 Å². The Balaban J connectivity index is 1.69. The minimum absolute atomic E-state index is 0.175. The van der Waals surface area contributed by atoms with E-state index in [1.807, 2.05) is 53.1 Å². The third-order valence-electron chi connectivity index (χ3n) is 4.80. The second-order valence-corrected chi connectivity index (χ2v) is 6.53. The van der Waals surface area contributed by atoms with E-state index in [4.69, 9.17) is 0 Å². The molecule has 0 atom stereocenters. The highest BCUT2D eigenvalue weighted by atomic mass is 16.1. The van der Waals surface area contributed by atoms with Crippen LogP contribution in [0.25, 0.3) is 27.8 Å². The molecule has 5 aromatic rings. The number of hydrogen-bond donors (Lipinski definition) is 1. The lowest BCUT2D eigenvalue weighted by Gasteiger charge is -2.07. The summed E-state index contributed by atoms with van der Waals surface area (Å²) in [6.45, 7) is 0.408. The van der Waals surface area contributed by atoms with E-state index < -0.39 is 0 Å². The molecule has 0 saturated heterocycles. The molecule has 7 nitrogen and oxygen atoms in total. The molecular weight excluding hydrogens is 364 g/mol. The third kappa shape index (κ3) is 2.98. The molecule has 0 aliphatic carbocycles. The van der Waals surface area contributed by atoms with Crippen molar-refractivity contribution in [1.82, 2.24) is 29.7 Å². The Labute approximate surface area is 166 Å². The number of nitrogens with zero attached hydrogens (tertiary/aromatic N) is 5. The van der Waals surface area contributed by atoms with E-state index >= 15 is 0 Å². The number of carbonyl (C=O) groups excluding carboxylic acids is 1. The summed E-state index contributed by atoms with van der Waals surface area (Å²) >= 11 is 0. The van der Waals surface area contributed by atoms with Gasteiger partial charge in [-0.05, 0) is 42.0 Å². The van der Waals surface area contributed by atoms with Gasteiger partial charge in [0.2, 0.25) is 0 Å². The van der Waals surface area contributed by atoms with Crippen LogP contribution in [0.4, 0.5) is 0 Å². The quantitative estimate of drug-likeness (QED) is 0.517. The average molecular weight is 380 g/mol. The first-order valence-electron chi connectivity index (χ1n) is 9.14. The normalized spacial score (nSPS) is 11.0. The highest BCUT2D eigenvalue weighted by Crippen LogP contribution is 2.32. The molecule has 0 radical (unpaired) electrons. The Hall–Kier alpha value is -4.13. The van der Waals surface area contributed by atoms with Gasteiger partial charge in [0.15, 0.2) is 0 Å². The van der Waals surface area contributed by atoms with Crippen molar-refractivity contribution >= 4 is 22.5 Å². The molecule has 0 fully saturated rings. The topological polar surface area (TPSA) is 85.1 Å². The van der Waals surface area contributed by atoms with Gasteiger partial charge in [0.05, 0.1) is 22.2 Å². The zero-order valence-corrected chi connectivity index (χ0v) is 15.4. The van der Waals surface area contributed by atoms with Crippen molar-refractivity contribution in [3.63, 3.8) is 0 Å². The van der Waals surface area contributed by atoms with Gasteiger partial charge in [0, 0.05) is 43.1 Å². The van der Waals surface area contributed by atoms with E-state index in [1.165, 1.54) is 6.33 Å². The standard InChI is InChI=1S/C22H16N6O/c29-22(25-13-15-4-8-23-9-5-15)18-17-3-1-2-12-28(17)21-19(18)20(26-14-27-21)16-6-10-24-11-7-16/h1-12,14H,13H2,(H,25,29). The molecule has 5 rings (SSSR count). The Kier molecular flexibility index (Phi) is 4.18. The van der Waals surface area contributed by atoms with Crippen LogP contribution in [-0.4, -0.2) is 30.2 Å². The Bertz CT molecular complexity index is 1320. The lowest BCUT2D eigenvalue weighted by atomic mass is 10.1. The monoisotopic (exact) mass is 380 g/mol. The molecule has 1 N–H and O–H groups in total.